The summed E-state index contributed by atoms with van der Waals surface area (Å²) in [6.45, 7) is 5.85. The molecule has 2 aliphatic heterocycles. The molecule has 2 aliphatic rings. The van der Waals surface area contributed by atoms with Crippen LogP contribution in [0, 0.1) is 5.92 Å². The van der Waals surface area contributed by atoms with Crippen LogP contribution < -0.4 is 19.9 Å². The summed E-state index contributed by atoms with van der Waals surface area (Å²) in [5.74, 6) is 2.05. The van der Waals surface area contributed by atoms with E-state index in [0.717, 1.165) is 61.8 Å². The van der Waals surface area contributed by atoms with Crippen molar-refractivity contribution in [1.82, 2.24) is 15.3 Å². The fraction of sp³-hybridized carbons (Fsp3) is 0.542. The number of carbonyl (C=O) groups is 1. The summed E-state index contributed by atoms with van der Waals surface area (Å²) in [6, 6.07) is 7.84. The number of amides is 1. The van der Waals surface area contributed by atoms with Gasteiger partial charge in [0.25, 0.3) is 0 Å². The standard InChI is InChI=1S/C24H33N5O2/c1-18(19-6-8-21(31-2)9-7-19)27-24(30)20-10-14-28(15-11-20)22-16-25-17-26-23(22)29-12-4-3-5-13-29/h6-9,16-18,20H,3-5,10-15H2,1-2H3,(H,27,30)/t18-/m0/s1. The molecule has 0 unspecified atom stereocenters. The van der Waals surface area contributed by atoms with Crippen LogP contribution in [0.4, 0.5) is 11.5 Å². The second kappa shape index (κ2) is 9.98. The Morgan fingerprint density at radius 3 is 2.45 bits per heavy atom. The molecule has 0 saturated carbocycles. The zero-order valence-electron chi connectivity index (χ0n) is 18.6. The van der Waals surface area contributed by atoms with Crippen molar-refractivity contribution in [2.24, 2.45) is 5.92 Å². The lowest BCUT2D eigenvalue weighted by Crippen LogP contribution is -2.42. The van der Waals surface area contributed by atoms with Crippen LogP contribution in [0.1, 0.15) is 50.6 Å². The van der Waals surface area contributed by atoms with Gasteiger partial charge in [0.05, 0.1) is 25.0 Å². The summed E-state index contributed by atoms with van der Waals surface area (Å²) in [7, 11) is 1.66. The lowest BCUT2D eigenvalue weighted by molar-refractivity contribution is -0.126. The van der Waals surface area contributed by atoms with Crippen LogP contribution in [0.15, 0.2) is 36.8 Å². The van der Waals surface area contributed by atoms with Crippen LogP contribution in [0.25, 0.3) is 0 Å². The number of rotatable bonds is 6. The molecule has 7 nitrogen and oxygen atoms in total. The molecule has 3 heterocycles. The van der Waals surface area contributed by atoms with Crippen molar-refractivity contribution < 1.29 is 9.53 Å². The Hall–Kier alpha value is -2.83. The van der Waals surface area contributed by atoms with E-state index in [0.29, 0.717) is 0 Å². The van der Waals surface area contributed by atoms with Gasteiger partial charge in [0.2, 0.25) is 5.91 Å². The highest BCUT2D eigenvalue weighted by Crippen LogP contribution is 2.31. The molecule has 7 heteroatoms. The molecule has 0 radical (unpaired) electrons. The Kier molecular flexibility index (Phi) is 6.89. The number of hydrogen-bond donors (Lipinski definition) is 1. The van der Waals surface area contributed by atoms with Crippen LogP contribution in [0.2, 0.25) is 0 Å². The van der Waals surface area contributed by atoms with Gasteiger partial charge in [-0.1, -0.05) is 12.1 Å². The second-order valence-corrected chi connectivity index (χ2v) is 8.54. The molecule has 4 rings (SSSR count). The van der Waals surface area contributed by atoms with E-state index in [4.69, 9.17) is 4.74 Å². The average molecular weight is 424 g/mol. The minimum atomic E-state index is -0.0235. The van der Waals surface area contributed by atoms with Gasteiger partial charge >= 0.3 is 0 Å². The van der Waals surface area contributed by atoms with Crippen molar-refractivity contribution in [3.63, 3.8) is 0 Å². The number of nitrogens with one attached hydrogen (secondary N) is 1. The predicted octanol–water partition coefficient (Wildman–Crippen LogP) is 3.57. The van der Waals surface area contributed by atoms with Crippen LogP contribution in [0.5, 0.6) is 5.75 Å². The highest BCUT2D eigenvalue weighted by Gasteiger charge is 2.28. The number of benzene rings is 1. The molecule has 2 aromatic rings. The lowest BCUT2D eigenvalue weighted by Gasteiger charge is -2.36. The molecule has 2 fully saturated rings. The molecular formula is C24H33N5O2. The molecule has 2 saturated heterocycles. The predicted molar refractivity (Wildman–Crippen MR) is 123 cm³/mol. The van der Waals surface area contributed by atoms with Gasteiger partial charge < -0.3 is 19.9 Å². The Morgan fingerprint density at radius 1 is 1.06 bits per heavy atom. The Balaban J connectivity index is 1.34. The van der Waals surface area contributed by atoms with Crippen LogP contribution in [0.3, 0.4) is 0 Å². The molecule has 0 bridgehead atoms. The zero-order valence-corrected chi connectivity index (χ0v) is 18.6. The zero-order chi connectivity index (χ0) is 21.6. The van der Waals surface area contributed by atoms with Gasteiger partial charge in [-0.05, 0) is 56.7 Å². The molecule has 1 amide bonds. The van der Waals surface area contributed by atoms with Crippen molar-refractivity contribution in [2.45, 2.75) is 45.1 Å². The number of ether oxygens (including phenoxy) is 1. The van der Waals surface area contributed by atoms with Crippen molar-refractivity contribution in [2.75, 3.05) is 43.1 Å². The second-order valence-electron chi connectivity index (χ2n) is 8.54. The van der Waals surface area contributed by atoms with Crippen molar-refractivity contribution in [3.8, 4) is 5.75 Å². The van der Waals surface area contributed by atoms with E-state index in [1.54, 1.807) is 13.4 Å². The third-order valence-corrected chi connectivity index (χ3v) is 6.51. The van der Waals surface area contributed by atoms with E-state index in [9.17, 15) is 4.79 Å². The highest BCUT2D eigenvalue weighted by molar-refractivity contribution is 5.79. The van der Waals surface area contributed by atoms with Crippen molar-refractivity contribution in [3.05, 3.63) is 42.4 Å². The summed E-state index contributed by atoms with van der Waals surface area (Å²) in [5, 5.41) is 3.19. The van der Waals surface area contributed by atoms with Gasteiger partial charge in [-0.15, -0.1) is 0 Å². The number of hydrogen-bond acceptors (Lipinski definition) is 6. The molecule has 166 valence electrons. The van der Waals surface area contributed by atoms with E-state index in [2.05, 4.69) is 25.1 Å². The van der Waals surface area contributed by atoms with E-state index in [1.165, 1.54) is 19.3 Å². The molecule has 1 aromatic heterocycles. The van der Waals surface area contributed by atoms with Crippen LogP contribution in [-0.2, 0) is 4.79 Å². The van der Waals surface area contributed by atoms with Crippen LogP contribution in [-0.4, -0.2) is 49.2 Å². The number of carbonyl (C=O) groups excluding carboxylic acids is 1. The highest BCUT2D eigenvalue weighted by atomic mass is 16.5. The molecule has 1 atom stereocenters. The number of aromatic nitrogens is 2. The van der Waals surface area contributed by atoms with Crippen LogP contribution >= 0.6 is 0 Å². The van der Waals surface area contributed by atoms with Gasteiger partial charge in [0.15, 0.2) is 5.82 Å². The van der Waals surface area contributed by atoms with Gasteiger partial charge in [-0.25, -0.2) is 9.97 Å². The fourth-order valence-corrected chi connectivity index (χ4v) is 4.58. The molecule has 1 aromatic carbocycles. The lowest BCUT2D eigenvalue weighted by atomic mass is 9.95. The molecule has 31 heavy (non-hydrogen) atoms. The Bertz CT molecular complexity index is 859. The van der Waals surface area contributed by atoms with E-state index >= 15 is 0 Å². The number of methoxy groups -OCH3 is 1. The maximum Gasteiger partial charge on any atom is 0.223 e. The minimum Gasteiger partial charge on any atom is -0.497 e. The smallest absolute Gasteiger partial charge is 0.223 e. The van der Waals surface area contributed by atoms with Gasteiger partial charge in [0.1, 0.15) is 12.1 Å². The summed E-state index contributed by atoms with van der Waals surface area (Å²) >= 11 is 0. The fourth-order valence-electron chi connectivity index (χ4n) is 4.58. The average Bonchev–Trinajstić information content (AvgIpc) is 2.84. The van der Waals surface area contributed by atoms with Crippen molar-refractivity contribution in [1.29, 1.82) is 0 Å². The monoisotopic (exact) mass is 423 g/mol. The van der Waals surface area contributed by atoms with Gasteiger partial charge in [-0.3, -0.25) is 4.79 Å². The topological polar surface area (TPSA) is 70.6 Å². The molecular weight excluding hydrogens is 390 g/mol. The van der Waals surface area contributed by atoms with E-state index in [1.807, 2.05) is 37.4 Å². The summed E-state index contributed by atoms with van der Waals surface area (Å²) in [5.41, 5.74) is 2.19. The summed E-state index contributed by atoms with van der Waals surface area (Å²) in [6.07, 6.45) is 9.00. The number of anilines is 2. The Morgan fingerprint density at radius 2 is 1.77 bits per heavy atom. The molecule has 0 spiro atoms. The normalized spacial score (nSPS) is 18.5. The van der Waals surface area contributed by atoms with E-state index < -0.39 is 0 Å². The quantitative estimate of drug-likeness (QED) is 0.766. The first-order valence-electron chi connectivity index (χ1n) is 11.4. The first-order chi connectivity index (χ1) is 15.2. The first kappa shape index (κ1) is 21.4. The number of piperidine rings is 2. The summed E-state index contributed by atoms with van der Waals surface area (Å²) in [4.78, 5) is 26.5. The SMILES string of the molecule is COc1ccc([C@H](C)NC(=O)C2CCN(c3cncnc3N3CCCCC3)CC2)cc1. The maximum atomic E-state index is 12.9. The molecule has 1 N–H and O–H groups in total. The maximum absolute atomic E-state index is 12.9. The molecule has 0 aliphatic carbocycles. The van der Waals surface area contributed by atoms with Gasteiger partial charge in [-0.2, -0.15) is 0 Å². The van der Waals surface area contributed by atoms with Crippen molar-refractivity contribution >= 4 is 17.4 Å². The largest absolute Gasteiger partial charge is 0.497 e. The minimum absolute atomic E-state index is 0.0235. The summed E-state index contributed by atoms with van der Waals surface area (Å²) < 4.78 is 5.21. The number of nitrogens with zero attached hydrogens (tertiary/aromatic N) is 4. The van der Waals surface area contributed by atoms with Gasteiger partial charge in [0, 0.05) is 32.1 Å². The Labute approximate surface area is 184 Å². The third kappa shape index (κ3) is 5.09. The first-order valence-corrected chi connectivity index (χ1v) is 11.4. The van der Waals surface area contributed by atoms with E-state index in [-0.39, 0.29) is 17.9 Å². The third-order valence-electron chi connectivity index (χ3n) is 6.51.